The van der Waals surface area contributed by atoms with E-state index in [4.69, 9.17) is 23.7 Å². The van der Waals surface area contributed by atoms with Gasteiger partial charge in [-0.2, -0.15) is 0 Å². The highest BCUT2D eigenvalue weighted by atomic mass is 16.6. The van der Waals surface area contributed by atoms with Crippen LogP contribution in [0.25, 0.3) is 0 Å². The molecule has 12 heteroatoms. The summed E-state index contributed by atoms with van der Waals surface area (Å²) in [6, 6.07) is 0. The summed E-state index contributed by atoms with van der Waals surface area (Å²) < 4.78 is 29.9. The maximum absolute atomic E-state index is 11.5. The number of methoxy groups -OCH3 is 1. The molecule has 0 rings (SSSR count). The van der Waals surface area contributed by atoms with E-state index in [9.17, 15) is 28.8 Å². The first kappa shape index (κ1) is 77.3. The molecule has 0 fully saturated rings. The van der Waals surface area contributed by atoms with E-state index in [1.807, 2.05) is 138 Å². The van der Waals surface area contributed by atoms with Crippen LogP contribution in [0.15, 0.2) is 0 Å². The van der Waals surface area contributed by atoms with Crippen LogP contribution in [0, 0.1) is 32.5 Å². The molecule has 0 aromatic carbocycles. The van der Waals surface area contributed by atoms with Crippen molar-refractivity contribution < 1.29 is 57.2 Å². The zero-order valence-electron chi connectivity index (χ0n) is 49.7. The van der Waals surface area contributed by atoms with Crippen LogP contribution in [-0.2, 0) is 57.2 Å². The molecule has 0 aromatic heterocycles. The Labute approximate surface area is 426 Å². The van der Waals surface area contributed by atoms with Crippen molar-refractivity contribution in [1.29, 1.82) is 0 Å². The quantitative estimate of drug-likeness (QED) is 0.0436. The minimum atomic E-state index is -0.315. The van der Waals surface area contributed by atoms with E-state index in [2.05, 4.69) is 25.5 Å². The Morgan fingerprint density at radius 2 is 0.507 bits per heavy atom. The van der Waals surface area contributed by atoms with Crippen molar-refractivity contribution in [3.05, 3.63) is 0 Å². The zero-order chi connectivity index (χ0) is 55.6. The molecule has 0 unspecified atom stereocenters. The minimum Gasteiger partial charge on any atom is -0.469 e. The van der Waals surface area contributed by atoms with Gasteiger partial charge in [0.2, 0.25) is 0 Å². The second-order valence-electron chi connectivity index (χ2n) is 21.3. The average Bonchev–Trinajstić information content (AvgIpc) is 3.32. The fraction of sp³-hybridized carbons (Fsp3) is 0.895. The molecule has 0 saturated carbocycles. The van der Waals surface area contributed by atoms with Crippen molar-refractivity contribution in [2.75, 3.05) is 40.1 Å². The third kappa shape index (κ3) is 42.2. The smallest absolute Gasteiger partial charge is 0.311 e. The van der Waals surface area contributed by atoms with E-state index in [0.29, 0.717) is 33.0 Å². The lowest BCUT2D eigenvalue weighted by Crippen LogP contribution is -2.26. The van der Waals surface area contributed by atoms with Gasteiger partial charge in [-0.1, -0.05) is 108 Å². The second-order valence-corrected chi connectivity index (χ2v) is 21.3. The number of carbonyl (C=O) groups is 6. The molecular weight excluding hydrogens is 877 g/mol. The van der Waals surface area contributed by atoms with Gasteiger partial charge in [0.1, 0.15) is 0 Å². The maximum Gasteiger partial charge on any atom is 0.311 e. The van der Waals surface area contributed by atoms with Gasteiger partial charge in [0.05, 0.1) is 72.6 Å². The third-order valence-corrected chi connectivity index (χ3v) is 12.5. The number of hydrogen-bond acceptors (Lipinski definition) is 12. The number of carbonyl (C=O) groups excluding carboxylic acids is 6. The second kappa shape index (κ2) is 43.6. The zero-order valence-corrected chi connectivity index (χ0v) is 49.7. The van der Waals surface area contributed by atoms with Gasteiger partial charge in [-0.3, -0.25) is 28.8 Å². The first-order valence-corrected chi connectivity index (χ1v) is 26.7. The molecular formula is C57H114O12. The lowest BCUT2D eigenvalue weighted by atomic mass is 9.91. The van der Waals surface area contributed by atoms with Crippen LogP contribution in [0.2, 0.25) is 0 Å². The third-order valence-electron chi connectivity index (χ3n) is 12.5. The van der Waals surface area contributed by atoms with Crippen LogP contribution in [0.4, 0.5) is 0 Å². The predicted octanol–water partition coefficient (Wildman–Crippen LogP) is 15.4. The summed E-state index contributed by atoms with van der Waals surface area (Å²) in [6.07, 6.45) is 15.8. The largest absolute Gasteiger partial charge is 0.469 e. The van der Waals surface area contributed by atoms with E-state index in [1.54, 1.807) is 0 Å². The van der Waals surface area contributed by atoms with Crippen LogP contribution in [0.1, 0.15) is 262 Å². The summed E-state index contributed by atoms with van der Waals surface area (Å²) in [7, 11) is 1.42. The Morgan fingerprint density at radius 1 is 0.275 bits per heavy atom. The SMILES string of the molecule is CCC(C)(C)C(=O)OC.CCCCCCOC(=O)C(C)(C)CC.CCCCCOC(=O)C(C)(C)CC.CCCCOC(=O)C(C)(C)CC.CCCOC(=O)C(C)(C)CC.CCOC(=O)C(C)(C)CC. The van der Waals surface area contributed by atoms with E-state index in [1.165, 1.54) is 20.0 Å². The Kier molecular flexibility index (Phi) is 48.8. The first-order chi connectivity index (χ1) is 31.8. The molecule has 0 N–H and O–H groups in total. The van der Waals surface area contributed by atoms with Crippen LogP contribution in [-0.4, -0.2) is 76.0 Å². The number of ether oxygens (including phenoxy) is 6. The molecule has 0 aliphatic carbocycles. The monoisotopic (exact) mass is 991 g/mol. The molecule has 0 aromatic rings. The summed E-state index contributed by atoms with van der Waals surface area (Å²) in [6.45, 7) is 47.8. The van der Waals surface area contributed by atoms with E-state index >= 15 is 0 Å². The minimum absolute atomic E-state index is 0.0588. The Bertz CT molecular complexity index is 1310. The standard InChI is InChI=1S/C12H24O2.C11H22O2.C10H20O2.C9H18O2.C8H16O2.C7H14O2/c1-5-7-8-9-10-14-11(13)12(3,4)6-2;1-5-7-8-9-13-10(12)11(3,4)6-2;1-5-7-8-12-9(11)10(3,4)6-2;1-5-7-11-8(10)9(3,4)6-2;1-5-8(3,4)7(9)10-6-2;1-5-7(2,3)6(8)9-4/h5-10H2,1-4H3;5-9H2,1-4H3;5-8H2,1-4H3;5-7H2,1-4H3;5-6H2,1-4H3;5H2,1-4H3. The van der Waals surface area contributed by atoms with Gasteiger partial charge in [0, 0.05) is 0 Å². The van der Waals surface area contributed by atoms with Crippen LogP contribution >= 0.6 is 0 Å². The van der Waals surface area contributed by atoms with Crippen LogP contribution in [0.5, 0.6) is 0 Å². The highest BCUT2D eigenvalue weighted by Gasteiger charge is 2.30. The van der Waals surface area contributed by atoms with Gasteiger partial charge in [-0.15, -0.1) is 0 Å². The lowest BCUT2D eigenvalue weighted by molar-refractivity contribution is -0.155. The van der Waals surface area contributed by atoms with Gasteiger partial charge in [-0.05, 0) is 154 Å². The van der Waals surface area contributed by atoms with Crippen LogP contribution < -0.4 is 0 Å². The van der Waals surface area contributed by atoms with E-state index in [0.717, 1.165) is 89.9 Å². The average molecular weight is 992 g/mol. The number of unbranched alkanes of at least 4 members (excludes halogenated alkanes) is 6. The predicted molar refractivity (Wildman–Crippen MR) is 286 cm³/mol. The Morgan fingerprint density at radius 3 is 0.739 bits per heavy atom. The van der Waals surface area contributed by atoms with E-state index < -0.39 is 0 Å². The fourth-order valence-corrected chi connectivity index (χ4v) is 3.96. The number of hydrogen-bond donors (Lipinski definition) is 0. The van der Waals surface area contributed by atoms with Crippen molar-refractivity contribution >= 4 is 35.8 Å². The van der Waals surface area contributed by atoms with Crippen molar-refractivity contribution in [2.24, 2.45) is 32.5 Å². The van der Waals surface area contributed by atoms with E-state index in [-0.39, 0.29) is 68.3 Å². The molecule has 0 bridgehead atoms. The number of esters is 6. The molecule has 414 valence electrons. The molecule has 0 spiro atoms. The molecule has 0 saturated heterocycles. The molecule has 0 aliphatic heterocycles. The van der Waals surface area contributed by atoms with Crippen molar-refractivity contribution in [1.82, 2.24) is 0 Å². The molecule has 0 amide bonds. The molecule has 12 nitrogen and oxygen atoms in total. The van der Waals surface area contributed by atoms with Crippen LogP contribution in [0.3, 0.4) is 0 Å². The summed E-state index contributed by atoms with van der Waals surface area (Å²) >= 11 is 0. The fourth-order valence-electron chi connectivity index (χ4n) is 3.96. The summed E-state index contributed by atoms with van der Waals surface area (Å²) in [5, 5.41) is 0. The van der Waals surface area contributed by atoms with Crippen molar-refractivity contribution in [3.63, 3.8) is 0 Å². The normalized spacial score (nSPS) is 11.3. The highest BCUT2D eigenvalue weighted by molar-refractivity contribution is 5.77. The number of rotatable bonds is 27. The molecule has 0 atom stereocenters. The summed E-state index contributed by atoms with van der Waals surface area (Å²) in [4.78, 5) is 67.4. The Balaban J connectivity index is -0.000000174. The van der Waals surface area contributed by atoms with Gasteiger partial charge in [0.15, 0.2) is 0 Å². The summed E-state index contributed by atoms with van der Waals surface area (Å²) in [5.74, 6) is -0.509. The van der Waals surface area contributed by atoms with Gasteiger partial charge >= 0.3 is 35.8 Å². The summed E-state index contributed by atoms with van der Waals surface area (Å²) in [5.41, 5.74) is -1.87. The van der Waals surface area contributed by atoms with Gasteiger partial charge in [-0.25, -0.2) is 0 Å². The molecule has 0 aliphatic rings. The molecule has 0 heterocycles. The molecule has 0 radical (unpaired) electrons. The topological polar surface area (TPSA) is 158 Å². The van der Waals surface area contributed by atoms with Gasteiger partial charge < -0.3 is 28.4 Å². The van der Waals surface area contributed by atoms with Gasteiger partial charge in [0.25, 0.3) is 0 Å². The Hall–Kier alpha value is -3.18. The molecule has 69 heavy (non-hydrogen) atoms. The lowest BCUT2D eigenvalue weighted by Gasteiger charge is -2.20. The maximum atomic E-state index is 11.5. The highest BCUT2D eigenvalue weighted by Crippen LogP contribution is 2.25. The van der Waals surface area contributed by atoms with Crippen molar-refractivity contribution in [2.45, 2.75) is 262 Å². The first-order valence-electron chi connectivity index (χ1n) is 26.7. The van der Waals surface area contributed by atoms with Crippen molar-refractivity contribution in [3.8, 4) is 0 Å².